The average molecular weight is 227 g/mol. The Kier molecular flexibility index (Phi) is 3.69. The molecule has 1 saturated heterocycles. The van der Waals surface area contributed by atoms with Gasteiger partial charge in [0.05, 0.1) is 6.54 Å². The molecule has 1 atom stereocenters. The van der Waals surface area contributed by atoms with Crippen LogP contribution in [0.1, 0.15) is 20.3 Å². The maximum Gasteiger partial charge on any atom is 0.324 e. The predicted molar refractivity (Wildman–Crippen MR) is 62.9 cm³/mol. The van der Waals surface area contributed by atoms with Gasteiger partial charge in [0, 0.05) is 5.75 Å². The number of terminal acetylenes is 1. The monoisotopic (exact) mass is 227 g/mol. The summed E-state index contributed by atoms with van der Waals surface area (Å²) >= 11 is 1.68. The third-order valence-corrected chi connectivity index (χ3v) is 4.24. The molecule has 0 aromatic carbocycles. The van der Waals surface area contributed by atoms with Crippen molar-refractivity contribution in [2.45, 2.75) is 25.8 Å². The number of thioether (sulfide) groups is 1. The van der Waals surface area contributed by atoms with Crippen LogP contribution >= 0.6 is 11.8 Å². The molecule has 0 aromatic rings. The minimum absolute atomic E-state index is 0.0445. The first kappa shape index (κ1) is 12.4. The first-order valence-electron chi connectivity index (χ1n) is 4.92. The van der Waals surface area contributed by atoms with Crippen molar-refractivity contribution in [2.24, 2.45) is 5.41 Å². The van der Waals surface area contributed by atoms with Gasteiger partial charge in [0.25, 0.3) is 0 Å². The van der Waals surface area contributed by atoms with Crippen LogP contribution in [0.2, 0.25) is 0 Å². The topological polar surface area (TPSA) is 49.3 Å². The molecular weight excluding hydrogens is 210 g/mol. The Hall–Kier alpha value is -0.660. The van der Waals surface area contributed by atoms with Gasteiger partial charge in [-0.1, -0.05) is 19.8 Å². The van der Waals surface area contributed by atoms with Gasteiger partial charge in [-0.3, -0.25) is 10.1 Å². The lowest BCUT2D eigenvalue weighted by Gasteiger charge is -2.41. The first-order valence-corrected chi connectivity index (χ1v) is 6.07. The summed E-state index contributed by atoms with van der Waals surface area (Å²) in [5.74, 6) is 3.24. The van der Waals surface area contributed by atoms with Crippen molar-refractivity contribution in [3.8, 4) is 12.3 Å². The Balaban J connectivity index is 2.82. The zero-order valence-electron chi connectivity index (χ0n) is 9.17. The fourth-order valence-corrected chi connectivity index (χ4v) is 3.40. The molecule has 0 saturated carbocycles. The molecule has 1 aliphatic heterocycles. The van der Waals surface area contributed by atoms with Crippen LogP contribution in [0.5, 0.6) is 0 Å². The summed E-state index contributed by atoms with van der Waals surface area (Å²) in [6.07, 6.45) is 5.79. The van der Waals surface area contributed by atoms with Gasteiger partial charge < -0.3 is 5.11 Å². The lowest BCUT2D eigenvalue weighted by Crippen LogP contribution is -2.59. The standard InChI is InChI=1S/C11H17NO2S/c1-4-5-12-11(9(13)14)6-10(2,3)7-15-8-11/h1,12H,5-8H2,2-3H3,(H,13,14). The molecule has 15 heavy (non-hydrogen) atoms. The van der Waals surface area contributed by atoms with Crippen LogP contribution in [0.3, 0.4) is 0 Å². The highest BCUT2D eigenvalue weighted by Gasteiger charge is 2.45. The summed E-state index contributed by atoms with van der Waals surface area (Å²) in [6, 6.07) is 0. The van der Waals surface area contributed by atoms with Gasteiger partial charge in [-0.25, -0.2) is 0 Å². The van der Waals surface area contributed by atoms with E-state index in [4.69, 9.17) is 6.42 Å². The third kappa shape index (κ3) is 2.90. The van der Waals surface area contributed by atoms with E-state index in [1.807, 2.05) is 0 Å². The summed E-state index contributed by atoms with van der Waals surface area (Å²) in [6.45, 7) is 4.49. The van der Waals surface area contributed by atoms with Crippen molar-refractivity contribution >= 4 is 17.7 Å². The molecule has 1 fully saturated rings. The Bertz CT molecular complexity index is 295. The number of nitrogens with one attached hydrogen (secondary N) is 1. The van der Waals surface area contributed by atoms with Crippen LogP contribution in [-0.2, 0) is 4.79 Å². The molecule has 0 spiro atoms. The molecule has 1 unspecified atom stereocenters. The highest BCUT2D eigenvalue weighted by atomic mass is 32.2. The van der Waals surface area contributed by atoms with E-state index in [1.165, 1.54) is 0 Å². The van der Waals surface area contributed by atoms with E-state index in [2.05, 4.69) is 25.1 Å². The highest BCUT2D eigenvalue weighted by molar-refractivity contribution is 7.99. The Labute approximate surface area is 95.0 Å². The smallest absolute Gasteiger partial charge is 0.324 e. The van der Waals surface area contributed by atoms with Crippen molar-refractivity contribution < 1.29 is 9.90 Å². The molecular formula is C11H17NO2S. The third-order valence-electron chi connectivity index (χ3n) is 2.56. The summed E-state index contributed by atoms with van der Waals surface area (Å²) in [5.41, 5.74) is -0.804. The molecule has 2 N–H and O–H groups in total. The molecule has 0 aliphatic carbocycles. The molecule has 0 aromatic heterocycles. The van der Waals surface area contributed by atoms with Crippen LogP contribution < -0.4 is 5.32 Å². The van der Waals surface area contributed by atoms with Crippen LogP contribution in [-0.4, -0.2) is 34.7 Å². The Morgan fingerprint density at radius 2 is 2.27 bits per heavy atom. The normalized spacial score (nSPS) is 29.4. The SMILES string of the molecule is C#CCNC1(C(=O)O)CSCC(C)(C)C1. The average Bonchev–Trinajstić information content (AvgIpc) is 2.13. The van der Waals surface area contributed by atoms with Crippen molar-refractivity contribution in [3.63, 3.8) is 0 Å². The number of carbonyl (C=O) groups is 1. The number of hydrogen-bond donors (Lipinski definition) is 2. The molecule has 1 heterocycles. The highest BCUT2D eigenvalue weighted by Crippen LogP contribution is 2.39. The maximum absolute atomic E-state index is 11.3. The molecule has 0 radical (unpaired) electrons. The number of aliphatic carboxylic acids is 1. The maximum atomic E-state index is 11.3. The summed E-state index contributed by atoms with van der Waals surface area (Å²) < 4.78 is 0. The zero-order chi connectivity index (χ0) is 11.5. The quantitative estimate of drug-likeness (QED) is 0.711. The van der Waals surface area contributed by atoms with Gasteiger partial charge in [-0.2, -0.15) is 11.8 Å². The second kappa shape index (κ2) is 4.46. The van der Waals surface area contributed by atoms with Gasteiger partial charge in [0.1, 0.15) is 5.54 Å². The van der Waals surface area contributed by atoms with Crippen molar-refractivity contribution in [1.82, 2.24) is 5.32 Å². The van der Waals surface area contributed by atoms with Crippen molar-refractivity contribution in [3.05, 3.63) is 0 Å². The van der Waals surface area contributed by atoms with Crippen LogP contribution in [0.25, 0.3) is 0 Å². The van der Waals surface area contributed by atoms with Gasteiger partial charge in [-0.05, 0) is 17.6 Å². The minimum Gasteiger partial charge on any atom is -0.480 e. The Morgan fingerprint density at radius 1 is 1.60 bits per heavy atom. The number of rotatable bonds is 3. The number of hydrogen-bond acceptors (Lipinski definition) is 3. The van der Waals surface area contributed by atoms with Gasteiger partial charge in [0.15, 0.2) is 0 Å². The van der Waals surface area contributed by atoms with E-state index in [9.17, 15) is 9.90 Å². The van der Waals surface area contributed by atoms with Crippen LogP contribution in [0.4, 0.5) is 0 Å². The number of carboxylic acids is 1. The van der Waals surface area contributed by atoms with Crippen LogP contribution in [0, 0.1) is 17.8 Å². The molecule has 3 nitrogen and oxygen atoms in total. The molecule has 4 heteroatoms. The van der Waals surface area contributed by atoms with E-state index in [0.717, 1.165) is 5.75 Å². The second-order valence-electron chi connectivity index (χ2n) is 4.78. The minimum atomic E-state index is -0.848. The molecule has 84 valence electrons. The summed E-state index contributed by atoms with van der Waals surface area (Å²) in [5, 5.41) is 12.3. The number of carboxylic acid groups (broad SMARTS) is 1. The van der Waals surface area contributed by atoms with Gasteiger partial charge in [0.2, 0.25) is 0 Å². The van der Waals surface area contributed by atoms with E-state index in [-0.39, 0.29) is 5.41 Å². The van der Waals surface area contributed by atoms with E-state index >= 15 is 0 Å². The van der Waals surface area contributed by atoms with Crippen LogP contribution in [0.15, 0.2) is 0 Å². The second-order valence-corrected chi connectivity index (χ2v) is 5.76. The van der Waals surface area contributed by atoms with E-state index in [0.29, 0.717) is 18.7 Å². The van der Waals surface area contributed by atoms with Crippen molar-refractivity contribution in [1.29, 1.82) is 0 Å². The van der Waals surface area contributed by atoms with E-state index in [1.54, 1.807) is 11.8 Å². The zero-order valence-corrected chi connectivity index (χ0v) is 9.99. The lowest BCUT2D eigenvalue weighted by molar-refractivity contribution is -0.145. The summed E-state index contributed by atoms with van der Waals surface area (Å²) in [4.78, 5) is 11.3. The predicted octanol–water partition coefficient (Wildman–Crippen LogP) is 1.20. The molecule has 0 bridgehead atoms. The summed E-state index contributed by atoms with van der Waals surface area (Å²) in [7, 11) is 0. The first-order chi connectivity index (χ1) is 6.92. The molecule has 1 rings (SSSR count). The fraction of sp³-hybridized carbons (Fsp3) is 0.727. The fourth-order valence-electron chi connectivity index (χ4n) is 1.97. The van der Waals surface area contributed by atoms with E-state index < -0.39 is 11.5 Å². The lowest BCUT2D eigenvalue weighted by atomic mass is 9.80. The largest absolute Gasteiger partial charge is 0.480 e. The molecule has 1 aliphatic rings. The Morgan fingerprint density at radius 3 is 2.73 bits per heavy atom. The molecule has 0 amide bonds. The van der Waals surface area contributed by atoms with Gasteiger partial charge >= 0.3 is 5.97 Å². The van der Waals surface area contributed by atoms with Gasteiger partial charge in [-0.15, -0.1) is 6.42 Å². The van der Waals surface area contributed by atoms with Crippen molar-refractivity contribution in [2.75, 3.05) is 18.1 Å².